The average molecular weight is 186 g/mol. The zero-order valence-corrected chi connectivity index (χ0v) is 9.03. The van der Waals surface area contributed by atoms with Crippen molar-refractivity contribution in [2.45, 2.75) is 13.8 Å². The summed E-state index contributed by atoms with van der Waals surface area (Å²) in [5.41, 5.74) is 2.39. The molecule has 0 atom stereocenters. The lowest BCUT2D eigenvalue weighted by Crippen LogP contribution is -1.79. The van der Waals surface area contributed by atoms with Gasteiger partial charge in [-0.3, -0.25) is 0 Å². The van der Waals surface area contributed by atoms with Crippen LogP contribution in [0.15, 0.2) is 72.9 Å². The van der Waals surface area contributed by atoms with Crippen LogP contribution < -0.4 is 0 Å². The summed E-state index contributed by atoms with van der Waals surface area (Å²) >= 11 is 0. The van der Waals surface area contributed by atoms with E-state index in [1.165, 1.54) is 11.1 Å². The first-order valence-electron chi connectivity index (χ1n) is 4.68. The molecule has 0 aliphatic carbocycles. The average Bonchev–Trinajstić information content (AvgIpc) is 2.18. The van der Waals surface area contributed by atoms with Gasteiger partial charge >= 0.3 is 0 Å². The fraction of sp³-hybridized carbons (Fsp3) is 0.143. The van der Waals surface area contributed by atoms with Gasteiger partial charge in [0, 0.05) is 0 Å². The number of allylic oxidation sites excluding steroid dienone is 10. The molecule has 0 aliphatic rings. The van der Waals surface area contributed by atoms with Crippen LogP contribution in [0.2, 0.25) is 0 Å². The minimum atomic E-state index is 1.18. The van der Waals surface area contributed by atoms with E-state index in [4.69, 9.17) is 0 Å². The van der Waals surface area contributed by atoms with Gasteiger partial charge in [-0.15, -0.1) is 0 Å². The summed E-state index contributed by atoms with van der Waals surface area (Å²) in [6.45, 7) is 11.4. The van der Waals surface area contributed by atoms with Gasteiger partial charge in [-0.25, -0.2) is 0 Å². The van der Waals surface area contributed by atoms with Crippen LogP contribution in [-0.4, -0.2) is 0 Å². The Kier molecular flexibility index (Phi) is 7.16. The van der Waals surface area contributed by atoms with Crippen LogP contribution >= 0.6 is 0 Å². The normalized spacial score (nSPS) is 13.9. The lowest BCUT2D eigenvalue weighted by Gasteiger charge is -1.99. The van der Waals surface area contributed by atoms with E-state index in [-0.39, 0.29) is 0 Å². The molecule has 0 fully saturated rings. The standard InChI is InChI=1S/C14H18/c1-5-8-9-12-13(4)14(10-6-2)11-7-3/h5-12H,1-2H2,3-4H3/b9-8-,11-7-,13-12+,14-10+. The third kappa shape index (κ3) is 5.15. The maximum atomic E-state index is 3.69. The fourth-order valence-corrected chi connectivity index (χ4v) is 1.000. The molecule has 0 rings (SSSR count). The van der Waals surface area contributed by atoms with Gasteiger partial charge in [0.05, 0.1) is 0 Å². The van der Waals surface area contributed by atoms with Crippen molar-refractivity contribution >= 4 is 0 Å². The van der Waals surface area contributed by atoms with Crippen molar-refractivity contribution in [3.63, 3.8) is 0 Å². The summed E-state index contributed by atoms with van der Waals surface area (Å²) in [7, 11) is 0. The van der Waals surface area contributed by atoms with Gasteiger partial charge in [0.25, 0.3) is 0 Å². The van der Waals surface area contributed by atoms with Gasteiger partial charge in [0.15, 0.2) is 0 Å². The maximum absolute atomic E-state index is 3.69. The Hall–Kier alpha value is -1.56. The van der Waals surface area contributed by atoms with Crippen molar-refractivity contribution in [3.05, 3.63) is 72.9 Å². The van der Waals surface area contributed by atoms with E-state index in [1.54, 1.807) is 12.2 Å². The SMILES string of the molecule is C=C\C=C/C=C(C)/C(/C=C\C)=C/C=C. The minimum absolute atomic E-state index is 1.18. The van der Waals surface area contributed by atoms with Gasteiger partial charge in [-0.1, -0.05) is 61.8 Å². The molecule has 0 spiro atoms. The summed E-state index contributed by atoms with van der Waals surface area (Å²) < 4.78 is 0. The molecule has 0 heteroatoms. The first kappa shape index (κ1) is 12.4. The summed E-state index contributed by atoms with van der Waals surface area (Å²) in [4.78, 5) is 0. The highest BCUT2D eigenvalue weighted by molar-refractivity contribution is 5.42. The summed E-state index contributed by atoms with van der Waals surface area (Å²) in [5, 5.41) is 0. The van der Waals surface area contributed by atoms with Crippen molar-refractivity contribution in [1.29, 1.82) is 0 Å². The first-order valence-corrected chi connectivity index (χ1v) is 4.68. The van der Waals surface area contributed by atoms with Crippen molar-refractivity contribution in [3.8, 4) is 0 Å². The number of rotatable bonds is 5. The lowest BCUT2D eigenvalue weighted by atomic mass is 10.1. The van der Waals surface area contributed by atoms with E-state index in [0.29, 0.717) is 0 Å². The van der Waals surface area contributed by atoms with Crippen molar-refractivity contribution in [2.24, 2.45) is 0 Å². The zero-order valence-electron chi connectivity index (χ0n) is 9.03. The molecule has 0 heterocycles. The second kappa shape index (κ2) is 8.06. The molecule has 0 unspecified atom stereocenters. The van der Waals surface area contributed by atoms with Crippen LogP contribution in [0.1, 0.15) is 13.8 Å². The van der Waals surface area contributed by atoms with E-state index in [2.05, 4.69) is 32.2 Å². The highest BCUT2D eigenvalue weighted by Gasteiger charge is 1.91. The van der Waals surface area contributed by atoms with E-state index in [0.717, 1.165) is 0 Å². The topological polar surface area (TPSA) is 0 Å². The van der Waals surface area contributed by atoms with Crippen LogP contribution in [0.3, 0.4) is 0 Å². The van der Waals surface area contributed by atoms with E-state index in [9.17, 15) is 0 Å². The van der Waals surface area contributed by atoms with Crippen molar-refractivity contribution in [1.82, 2.24) is 0 Å². The van der Waals surface area contributed by atoms with Crippen molar-refractivity contribution in [2.75, 3.05) is 0 Å². The predicted octanol–water partition coefficient (Wildman–Crippen LogP) is 4.36. The molecule has 74 valence electrons. The molecule has 0 N–H and O–H groups in total. The Morgan fingerprint density at radius 2 is 1.71 bits per heavy atom. The third-order valence-corrected chi connectivity index (χ3v) is 1.69. The lowest BCUT2D eigenvalue weighted by molar-refractivity contribution is 1.42. The molecule has 0 saturated carbocycles. The minimum Gasteiger partial charge on any atom is -0.0991 e. The van der Waals surface area contributed by atoms with Crippen LogP contribution in [0.4, 0.5) is 0 Å². The molecular formula is C14H18. The van der Waals surface area contributed by atoms with Crippen molar-refractivity contribution < 1.29 is 0 Å². The smallest absolute Gasteiger partial charge is 0.0231 e. The zero-order chi connectivity index (χ0) is 10.8. The van der Waals surface area contributed by atoms with Gasteiger partial charge in [-0.2, -0.15) is 0 Å². The summed E-state index contributed by atoms with van der Waals surface area (Å²) in [6, 6.07) is 0. The largest absolute Gasteiger partial charge is 0.0991 e. The highest BCUT2D eigenvalue weighted by atomic mass is 14.0. The fourth-order valence-electron chi connectivity index (χ4n) is 1.000. The molecule has 0 aromatic carbocycles. The van der Waals surface area contributed by atoms with Crippen LogP contribution in [0.25, 0.3) is 0 Å². The maximum Gasteiger partial charge on any atom is -0.0231 e. The number of hydrogen-bond donors (Lipinski definition) is 0. The van der Waals surface area contributed by atoms with Gasteiger partial charge in [-0.05, 0) is 25.0 Å². The quantitative estimate of drug-likeness (QED) is 0.559. The molecular weight excluding hydrogens is 168 g/mol. The third-order valence-electron chi connectivity index (χ3n) is 1.69. The monoisotopic (exact) mass is 186 g/mol. The molecule has 0 bridgehead atoms. The number of hydrogen-bond acceptors (Lipinski definition) is 0. The molecule has 14 heavy (non-hydrogen) atoms. The molecule has 0 nitrogen and oxygen atoms in total. The Bertz CT molecular complexity index is 296. The summed E-state index contributed by atoms with van der Waals surface area (Å²) in [5.74, 6) is 0. The second-order valence-corrected chi connectivity index (χ2v) is 2.83. The molecule has 0 radical (unpaired) electrons. The molecule has 0 aromatic heterocycles. The van der Waals surface area contributed by atoms with Crippen LogP contribution in [0.5, 0.6) is 0 Å². The van der Waals surface area contributed by atoms with E-state index < -0.39 is 0 Å². The molecule has 0 saturated heterocycles. The Morgan fingerprint density at radius 3 is 2.21 bits per heavy atom. The van der Waals surface area contributed by atoms with Gasteiger partial charge < -0.3 is 0 Å². The highest BCUT2D eigenvalue weighted by Crippen LogP contribution is 2.11. The Labute approximate surface area is 87.3 Å². The van der Waals surface area contributed by atoms with Gasteiger partial charge in [0.1, 0.15) is 0 Å². The van der Waals surface area contributed by atoms with E-state index in [1.807, 2.05) is 31.2 Å². The molecule has 0 aromatic rings. The van der Waals surface area contributed by atoms with Crippen LogP contribution in [0, 0.1) is 0 Å². The predicted molar refractivity (Wildman–Crippen MR) is 66.2 cm³/mol. The van der Waals surface area contributed by atoms with E-state index >= 15 is 0 Å². The Morgan fingerprint density at radius 1 is 1.00 bits per heavy atom. The van der Waals surface area contributed by atoms with Crippen LogP contribution in [-0.2, 0) is 0 Å². The second-order valence-electron chi connectivity index (χ2n) is 2.83. The summed E-state index contributed by atoms with van der Waals surface area (Å²) in [6.07, 6.45) is 15.6. The Balaban J connectivity index is 4.75. The molecule has 0 amide bonds. The first-order chi connectivity index (χ1) is 6.76. The van der Waals surface area contributed by atoms with Gasteiger partial charge in [0.2, 0.25) is 0 Å². The molecule has 0 aliphatic heterocycles.